The first-order valence-corrected chi connectivity index (χ1v) is 10.3. The van der Waals surface area contributed by atoms with Crippen molar-refractivity contribution in [2.45, 2.75) is 40.3 Å². The monoisotopic (exact) mass is 415 g/mol. The Labute approximate surface area is 180 Å². The number of aryl methyl sites for hydroxylation is 3. The fraction of sp³-hybridized carbons (Fsp3) is 0.250. The number of carbonyl (C=O) groups excluding carboxylic acids is 1. The molecule has 0 saturated carbocycles. The van der Waals surface area contributed by atoms with Crippen molar-refractivity contribution >= 4 is 11.4 Å². The first-order valence-electron chi connectivity index (χ1n) is 10.3. The van der Waals surface area contributed by atoms with Crippen molar-refractivity contribution in [3.63, 3.8) is 0 Å². The van der Waals surface area contributed by atoms with Crippen LogP contribution >= 0.6 is 0 Å². The third-order valence-corrected chi connectivity index (χ3v) is 5.30. The lowest BCUT2D eigenvalue weighted by Gasteiger charge is -2.08. The highest BCUT2D eigenvalue weighted by molar-refractivity contribution is 5.75. The van der Waals surface area contributed by atoms with Crippen LogP contribution in [0.3, 0.4) is 0 Å². The van der Waals surface area contributed by atoms with Gasteiger partial charge >= 0.3 is 0 Å². The van der Waals surface area contributed by atoms with E-state index in [4.69, 9.17) is 0 Å². The Balaban J connectivity index is 1.55. The number of carbonyl (C=O) groups is 1. The Hall–Kier alpha value is -3.74. The molecule has 0 saturated heterocycles. The highest BCUT2D eigenvalue weighted by Gasteiger charge is 2.14. The summed E-state index contributed by atoms with van der Waals surface area (Å²) in [6.07, 6.45) is 0.963. The average molecular weight is 415 g/mol. The zero-order valence-electron chi connectivity index (χ0n) is 17.9. The minimum atomic E-state index is -0.347. The smallest absolute Gasteiger partial charge is 0.293 e. The van der Waals surface area contributed by atoms with E-state index in [2.05, 4.69) is 34.6 Å². The van der Waals surface area contributed by atoms with E-state index in [0.29, 0.717) is 23.6 Å². The fourth-order valence-corrected chi connectivity index (χ4v) is 3.43. The summed E-state index contributed by atoms with van der Waals surface area (Å²) in [6, 6.07) is 17.8. The van der Waals surface area contributed by atoms with E-state index in [1.54, 1.807) is 13.0 Å². The molecule has 0 fully saturated rings. The van der Waals surface area contributed by atoms with E-state index in [1.807, 2.05) is 43.3 Å². The van der Waals surface area contributed by atoms with E-state index in [1.165, 1.54) is 14.8 Å². The Kier molecular flexibility index (Phi) is 5.66. The number of nitrogens with zero attached hydrogens (tertiary/aromatic N) is 4. The maximum atomic E-state index is 12.9. The molecule has 0 unspecified atom stereocenters. The molecule has 2 heterocycles. The molecule has 31 heavy (non-hydrogen) atoms. The fourth-order valence-electron chi connectivity index (χ4n) is 3.43. The lowest BCUT2D eigenvalue weighted by atomic mass is 10.1. The Bertz CT molecular complexity index is 1280. The third kappa shape index (κ3) is 4.40. The SMILES string of the molecule is CCc1ccc(-c2cc3c(=O)n(CC(=O)NCc4ccc(C)cc4)nc(C)n3n2)cc1. The van der Waals surface area contributed by atoms with Gasteiger partial charge in [0, 0.05) is 12.1 Å². The van der Waals surface area contributed by atoms with Crippen molar-refractivity contribution in [1.29, 1.82) is 0 Å². The summed E-state index contributed by atoms with van der Waals surface area (Å²) >= 11 is 0. The topological polar surface area (TPSA) is 81.3 Å². The van der Waals surface area contributed by atoms with Gasteiger partial charge in [-0.25, -0.2) is 9.20 Å². The zero-order valence-corrected chi connectivity index (χ0v) is 17.9. The van der Waals surface area contributed by atoms with Gasteiger partial charge in [0.1, 0.15) is 17.9 Å². The largest absolute Gasteiger partial charge is 0.350 e. The summed E-state index contributed by atoms with van der Waals surface area (Å²) < 4.78 is 2.73. The van der Waals surface area contributed by atoms with Gasteiger partial charge in [0.15, 0.2) is 0 Å². The molecule has 0 aliphatic rings. The van der Waals surface area contributed by atoms with Gasteiger partial charge in [-0.1, -0.05) is 61.0 Å². The van der Waals surface area contributed by atoms with Gasteiger partial charge < -0.3 is 5.32 Å². The Morgan fingerprint density at radius 2 is 1.65 bits per heavy atom. The molecule has 0 aliphatic heterocycles. The molecule has 7 heteroatoms. The summed E-state index contributed by atoms with van der Waals surface area (Å²) in [7, 11) is 0. The van der Waals surface area contributed by atoms with Crippen molar-refractivity contribution in [3.8, 4) is 11.3 Å². The van der Waals surface area contributed by atoms with E-state index in [0.717, 1.165) is 23.1 Å². The molecule has 0 spiro atoms. The highest BCUT2D eigenvalue weighted by atomic mass is 16.2. The number of hydrogen-bond acceptors (Lipinski definition) is 4. The van der Waals surface area contributed by atoms with Crippen LogP contribution in [-0.4, -0.2) is 25.3 Å². The number of rotatable bonds is 6. The second-order valence-electron chi connectivity index (χ2n) is 7.65. The van der Waals surface area contributed by atoms with E-state index in [-0.39, 0.29) is 18.0 Å². The van der Waals surface area contributed by atoms with Crippen LogP contribution in [0.2, 0.25) is 0 Å². The predicted octanol–water partition coefficient (Wildman–Crippen LogP) is 3.05. The molecule has 4 aromatic rings. The van der Waals surface area contributed by atoms with E-state index in [9.17, 15) is 9.59 Å². The number of amides is 1. The molecule has 7 nitrogen and oxygen atoms in total. The highest BCUT2D eigenvalue weighted by Crippen LogP contribution is 2.19. The van der Waals surface area contributed by atoms with Gasteiger partial charge in [0.2, 0.25) is 5.91 Å². The molecular weight excluding hydrogens is 390 g/mol. The summed E-state index contributed by atoms with van der Waals surface area (Å²) in [5.74, 6) is 0.270. The third-order valence-electron chi connectivity index (χ3n) is 5.30. The van der Waals surface area contributed by atoms with Gasteiger partial charge in [-0.15, -0.1) is 0 Å². The van der Waals surface area contributed by atoms with Crippen molar-refractivity contribution in [2.24, 2.45) is 0 Å². The van der Waals surface area contributed by atoms with E-state index >= 15 is 0 Å². The van der Waals surface area contributed by atoms with Crippen LogP contribution in [0.5, 0.6) is 0 Å². The Morgan fingerprint density at radius 1 is 0.968 bits per heavy atom. The summed E-state index contributed by atoms with van der Waals surface area (Å²) in [4.78, 5) is 25.3. The van der Waals surface area contributed by atoms with Crippen molar-refractivity contribution in [2.75, 3.05) is 0 Å². The van der Waals surface area contributed by atoms with Crippen LogP contribution < -0.4 is 10.9 Å². The Morgan fingerprint density at radius 3 is 2.32 bits per heavy atom. The standard InChI is InChI=1S/C24H25N5O2/c1-4-18-9-11-20(12-10-18)21-13-22-24(31)28(26-17(3)29(22)27-21)15-23(30)25-14-19-7-5-16(2)6-8-19/h5-13H,4,14-15H2,1-3H3,(H,25,30). The van der Waals surface area contributed by atoms with Crippen LogP contribution in [0.25, 0.3) is 16.8 Å². The lowest BCUT2D eigenvalue weighted by Crippen LogP contribution is -2.34. The normalized spacial score (nSPS) is 11.1. The van der Waals surface area contributed by atoms with Crippen molar-refractivity contribution < 1.29 is 4.79 Å². The quantitative estimate of drug-likeness (QED) is 0.525. The number of fused-ring (bicyclic) bond motifs is 1. The summed E-state index contributed by atoms with van der Waals surface area (Å²) in [5, 5.41) is 11.7. The van der Waals surface area contributed by atoms with Crippen molar-refractivity contribution in [1.82, 2.24) is 24.7 Å². The molecule has 1 N–H and O–H groups in total. The lowest BCUT2D eigenvalue weighted by molar-refractivity contribution is -0.122. The van der Waals surface area contributed by atoms with Gasteiger partial charge in [0.25, 0.3) is 5.56 Å². The van der Waals surface area contributed by atoms with Crippen molar-refractivity contribution in [3.05, 3.63) is 87.5 Å². The number of benzene rings is 2. The molecule has 0 bridgehead atoms. The molecular formula is C24H25N5O2. The molecule has 0 radical (unpaired) electrons. The summed E-state index contributed by atoms with van der Waals surface area (Å²) in [5.41, 5.74) is 5.09. The van der Waals surface area contributed by atoms with Crippen LogP contribution in [0.1, 0.15) is 29.4 Å². The minimum absolute atomic E-state index is 0.145. The molecule has 2 aromatic heterocycles. The van der Waals surface area contributed by atoms with Crippen LogP contribution in [0.4, 0.5) is 0 Å². The molecule has 1 amide bonds. The second kappa shape index (κ2) is 8.55. The maximum Gasteiger partial charge on any atom is 0.293 e. The van der Waals surface area contributed by atoms with Gasteiger partial charge in [0.05, 0.1) is 5.69 Å². The van der Waals surface area contributed by atoms with Gasteiger partial charge in [-0.3, -0.25) is 9.59 Å². The average Bonchev–Trinajstić information content (AvgIpc) is 3.23. The van der Waals surface area contributed by atoms with Crippen LogP contribution in [0, 0.1) is 13.8 Å². The second-order valence-corrected chi connectivity index (χ2v) is 7.65. The van der Waals surface area contributed by atoms with Crippen LogP contribution in [-0.2, 0) is 24.3 Å². The molecule has 158 valence electrons. The molecule has 2 aromatic carbocycles. The van der Waals surface area contributed by atoms with Crippen LogP contribution in [0.15, 0.2) is 59.4 Å². The first kappa shape index (κ1) is 20.5. The molecule has 0 aliphatic carbocycles. The molecule has 4 rings (SSSR count). The predicted molar refractivity (Wildman–Crippen MR) is 120 cm³/mol. The van der Waals surface area contributed by atoms with Gasteiger partial charge in [-0.05, 0) is 37.5 Å². The zero-order chi connectivity index (χ0) is 22.0. The number of nitrogens with one attached hydrogen (secondary N) is 1. The first-order chi connectivity index (χ1) is 14.9. The number of aromatic nitrogens is 4. The molecule has 0 atom stereocenters. The summed E-state index contributed by atoms with van der Waals surface area (Å²) in [6.45, 7) is 6.15. The minimum Gasteiger partial charge on any atom is -0.350 e. The maximum absolute atomic E-state index is 12.9. The number of hydrogen-bond donors (Lipinski definition) is 1. The van der Waals surface area contributed by atoms with Gasteiger partial charge in [-0.2, -0.15) is 10.2 Å². The van der Waals surface area contributed by atoms with E-state index < -0.39 is 0 Å².